The maximum absolute atomic E-state index is 8.10. The molecule has 9 nitrogen and oxygen atoms in total. The van der Waals surface area contributed by atoms with Crippen molar-refractivity contribution in [1.29, 1.82) is 5.41 Å². The molecule has 0 fully saturated rings. The number of hydrogen-bond donors (Lipinski definition) is 2. The van der Waals surface area contributed by atoms with Crippen LogP contribution in [0.2, 0.25) is 0 Å². The van der Waals surface area contributed by atoms with E-state index in [1.165, 1.54) is 11.8 Å². The molecule has 1 aliphatic heterocycles. The van der Waals surface area contributed by atoms with E-state index in [1.807, 2.05) is 27.5 Å². The number of fused-ring (bicyclic) bond motifs is 2. The summed E-state index contributed by atoms with van der Waals surface area (Å²) in [4.78, 5) is 17.1. The molecule has 142 valence electrons. The van der Waals surface area contributed by atoms with Crippen molar-refractivity contribution >= 4 is 38.9 Å². The highest BCUT2D eigenvalue weighted by atomic mass is 79.9. The van der Waals surface area contributed by atoms with Gasteiger partial charge in [0, 0.05) is 34.9 Å². The third-order valence-corrected chi connectivity index (χ3v) is 6.15. The molecular formula is C17H14BrN7O2S. The molecular weight excluding hydrogens is 446 g/mol. The van der Waals surface area contributed by atoms with E-state index in [2.05, 4.69) is 30.9 Å². The van der Waals surface area contributed by atoms with Crippen LogP contribution in [0.1, 0.15) is 0 Å². The molecule has 4 aromatic rings. The minimum atomic E-state index is 0.165. The van der Waals surface area contributed by atoms with Crippen molar-refractivity contribution in [3.05, 3.63) is 47.1 Å². The van der Waals surface area contributed by atoms with Gasteiger partial charge in [-0.1, -0.05) is 11.8 Å². The highest BCUT2D eigenvalue weighted by molar-refractivity contribution is 9.10. The fourth-order valence-corrected chi connectivity index (χ4v) is 4.28. The first kappa shape index (κ1) is 17.3. The molecule has 11 heteroatoms. The van der Waals surface area contributed by atoms with Crippen LogP contribution in [0, 0.1) is 5.41 Å². The number of benzene rings is 1. The lowest BCUT2D eigenvalue weighted by molar-refractivity contribution is 0.174. The molecule has 0 saturated carbocycles. The van der Waals surface area contributed by atoms with Gasteiger partial charge in [0.1, 0.15) is 5.52 Å². The second-order valence-corrected chi connectivity index (χ2v) is 7.95. The molecule has 0 saturated heterocycles. The van der Waals surface area contributed by atoms with Crippen LogP contribution in [-0.2, 0) is 13.1 Å². The summed E-state index contributed by atoms with van der Waals surface area (Å²) in [7, 11) is 0. The van der Waals surface area contributed by atoms with E-state index in [1.54, 1.807) is 18.9 Å². The SMILES string of the molecule is N=c1ncn(CCn2ccnc2)c2nc(Sc3cc4c(cc3Br)OCO4)[nH]c12. The van der Waals surface area contributed by atoms with Gasteiger partial charge in [0.2, 0.25) is 6.79 Å². The van der Waals surface area contributed by atoms with E-state index < -0.39 is 0 Å². The van der Waals surface area contributed by atoms with Gasteiger partial charge in [-0.25, -0.2) is 15.0 Å². The number of ether oxygens (including phenoxy) is 2. The molecule has 3 aromatic heterocycles. The molecule has 4 heterocycles. The number of hydrogen-bond acceptors (Lipinski definition) is 7. The number of H-pyrrole nitrogens is 1. The number of halogens is 1. The molecule has 2 N–H and O–H groups in total. The topological polar surface area (TPSA) is 107 Å². The zero-order valence-corrected chi connectivity index (χ0v) is 16.8. The Kier molecular flexibility index (Phi) is 4.32. The number of nitrogens with zero attached hydrogens (tertiary/aromatic N) is 5. The summed E-state index contributed by atoms with van der Waals surface area (Å²) in [6.07, 6.45) is 7.07. The molecule has 0 radical (unpaired) electrons. The maximum atomic E-state index is 8.10. The Labute approximate surface area is 171 Å². The molecule has 0 bridgehead atoms. The lowest BCUT2D eigenvalue weighted by atomic mass is 10.3. The zero-order valence-electron chi connectivity index (χ0n) is 14.4. The summed E-state index contributed by atoms with van der Waals surface area (Å²) in [5.74, 6) is 1.43. The quantitative estimate of drug-likeness (QED) is 0.475. The molecule has 0 unspecified atom stereocenters. The summed E-state index contributed by atoms with van der Waals surface area (Å²) in [6, 6.07) is 3.80. The molecule has 28 heavy (non-hydrogen) atoms. The Bertz CT molecular complexity index is 1220. The van der Waals surface area contributed by atoms with Crippen molar-refractivity contribution in [2.45, 2.75) is 23.1 Å². The Morgan fingerprint density at radius 3 is 2.89 bits per heavy atom. The van der Waals surface area contributed by atoms with Crippen LogP contribution < -0.4 is 15.0 Å². The normalized spacial score (nSPS) is 12.8. The number of imidazole rings is 2. The molecule has 0 aliphatic carbocycles. The van der Waals surface area contributed by atoms with Crippen molar-refractivity contribution in [2.24, 2.45) is 0 Å². The van der Waals surface area contributed by atoms with Crippen molar-refractivity contribution in [1.82, 2.24) is 29.1 Å². The van der Waals surface area contributed by atoms with Crippen molar-refractivity contribution in [2.75, 3.05) is 6.79 Å². The Hall–Kier alpha value is -2.79. The van der Waals surface area contributed by atoms with E-state index in [4.69, 9.17) is 19.9 Å². The van der Waals surface area contributed by atoms with Crippen LogP contribution in [0.3, 0.4) is 0 Å². The number of rotatable bonds is 5. The summed E-state index contributed by atoms with van der Waals surface area (Å²) >= 11 is 5.02. The fourth-order valence-electron chi connectivity index (χ4n) is 2.90. The first-order valence-electron chi connectivity index (χ1n) is 8.40. The van der Waals surface area contributed by atoms with E-state index >= 15 is 0 Å². The number of aryl methyl sites for hydroxylation is 2. The van der Waals surface area contributed by atoms with Gasteiger partial charge in [-0.15, -0.1) is 0 Å². The molecule has 1 aromatic carbocycles. The monoisotopic (exact) mass is 459 g/mol. The summed E-state index contributed by atoms with van der Waals surface area (Å²) in [5, 5.41) is 8.78. The third kappa shape index (κ3) is 3.16. The molecule has 5 rings (SSSR count). The second kappa shape index (κ2) is 6.99. The zero-order chi connectivity index (χ0) is 19.1. The van der Waals surface area contributed by atoms with Crippen molar-refractivity contribution < 1.29 is 9.47 Å². The van der Waals surface area contributed by atoms with E-state index in [-0.39, 0.29) is 12.3 Å². The summed E-state index contributed by atoms with van der Waals surface area (Å²) < 4.78 is 15.7. The predicted octanol–water partition coefficient (Wildman–Crippen LogP) is 2.78. The first-order valence-corrected chi connectivity index (χ1v) is 10.0. The van der Waals surface area contributed by atoms with Gasteiger partial charge in [0.05, 0.1) is 12.7 Å². The van der Waals surface area contributed by atoms with Crippen LogP contribution in [0.15, 0.2) is 51.7 Å². The fraction of sp³-hybridized carbons (Fsp3) is 0.176. The van der Waals surface area contributed by atoms with Gasteiger partial charge in [0.15, 0.2) is 27.8 Å². The van der Waals surface area contributed by atoms with Crippen LogP contribution in [0.5, 0.6) is 11.5 Å². The Balaban J connectivity index is 1.47. The van der Waals surface area contributed by atoms with Crippen LogP contribution in [-0.4, -0.2) is 35.9 Å². The van der Waals surface area contributed by atoms with Gasteiger partial charge in [-0.05, 0) is 28.1 Å². The highest BCUT2D eigenvalue weighted by Crippen LogP contribution is 2.42. The average molecular weight is 460 g/mol. The molecule has 1 aliphatic rings. The van der Waals surface area contributed by atoms with Gasteiger partial charge < -0.3 is 23.6 Å². The Morgan fingerprint density at radius 1 is 1.21 bits per heavy atom. The molecule has 0 atom stereocenters. The van der Waals surface area contributed by atoms with Crippen LogP contribution >= 0.6 is 27.7 Å². The van der Waals surface area contributed by atoms with Gasteiger partial charge in [0.25, 0.3) is 0 Å². The van der Waals surface area contributed by atoms with Gasteiger partial charge >= 0.3 is 0 Å². The van der Waals surface area contributed by atoms with Crippen molar-refractivity contribution in [3.8, 4) is 11.5 Å². The number of nitrogens with one attached hydrogen (secondary N) is 2. The summed E-state index contributed by atoms with van der Waals surface area (Å²) in [6.45, 7) is 1.63. The van der Waals surface area contributed by atoms with Crippen LogP contribution in [0.25, 0.3) is 11.2 Å². The van der Waals surface area contributed by atoms with Crippen LogP contribution in [0.4, 0.5) is 0 Å². The first-order chi connectivity index (χ1) is 13.7. The predicted molar refractivity (Wildman–Crippen MR) is 104 cm³/mol. The van der Waals surface area contributed by atoms with E-state index in [9.17, 15) is 0 Å². The number of aromatic amines is 1. The van der Waals surface area contributed by atoms with E-state index in [0.717, 1.165) is 21.7 Å². The lowest BCUT2D eigenvalue weighted by Crippen LogP contribution is -2.14. The van der Waals surface area contributed by atoms with E-state index in [0.29, 0.717) is 28.6 Å². The minimum Gasteiger partial charge on any atom is -0.454 e. The Morgan fingerprint density at radius 2 is 2.07 bits per heavy atom. The average Bonchev–Trinajstić information content (AvgIpc) is 3.42. The third-order valence-electron chi connectivity index (χ3n) is 4.29. The van der Waals surface area contributed by atoms with Gasteiger partial charge in [-0.2, -0.15) is 0 Å². The van der Waals surface area contributed by atoms with Crippen molar-refractivity contribution in [3.63, 3.8) is 0 Å². The smallest absolute Gasteiger partial charge is 0.231 e. The molecule has 0 amide bonds. The van der Waals surface area contributed by atoms with Gasteiger partial charge in [-0.3, -0.25) is 5.41 Å². The maximum Gasteiger partial charge on any atom is 0.231 e. The highest BCUT2D eigenvalue weighted by Gasteiger charge is 2.18. The standard InChI is InChI=1S/C17H14BrN7O2S/c18-10-5-11-12(27-9-26-11)6-13(10)28-17-22-14-15(19)21-8-25(16(14)23-17)4-3-24-2-1-20-7-24/h1-2,5-8,19H,3-4,9H2,(H,22,23). The largest absolute Gasteiger partial charge is 0.454 e. The molecule has 0 spiro atoms. The number of aromatic nitrogens is 6. The second-order valence-electron chi connectivity index (χ2n) is 6.07. The lowest BCUT2D eigenvalue weighted by Gasteiger charge is -2.07. The summed E-state index contributed by atoms with van der Waals surface area (Å²) in [5.41, 5.74) is 1.46. The minimum absolute atomic E-state index is 0.165.